The molecular weight excluding hydrogens is 338 g/mol. The SMILES string of the molecule is [2H][C@@]1(O)C[C@H]2[C@H](C(=O)OCC)[C@H]2[C@]1(NC(C)=O)C(=O)OCc1ccccc1. The van der Waals surface area contributed by atoms with E-state index in [0.717, 1.165) is 5.56 Å². The fraction of sp³-hybridized carbons (Fsp3) is 0.526. The zero-order valence-corrected chi connectivity index (χ0v) is 14.7. The molecule has 0 heterocycles. The van der Waals surface area contributed by atoms with Crippen LogP contribution in [0.15, 0.2) is 30.3 Å². The third kappa shape index (κ3) is 3.07. The highest BCUT2D eigenvalue weighted by atomic mass is 16.5. The highest BCUT2D eigenvalue weighted by molar-refractivity contribution is 5.92. The van der Waals surface area contributed by atoms with Crippen LogP contribution in [0.5, 0.6) is 0 Å². The van der Waals surface area contributed by atoms with Crippen molar-refractivity contribution in [2.24, 2.45) is 17.8 Å². The van der Waals surface area contributed by atoms with Crippen molar-refractivity contribution >= 4 is 17.8 Å². The second-order valence-electron chi connectivity index (χ2n) is 6.67. The highest BCUT2D eigenvalue weighted by Crippen LogP contribution is 2.63. The molecule has 0 aliphatic heterocycles. The first-order chi connectivity index (χ1) is 12.7. The second-order valence-corrected chi connectivity index (χ2v) is 6.67. The minimum absolute atomic E-state index is 0.0709. The van der Waals surface area contributed by atoms with Crippen LogP contribution in [-0.2, 0) is 30.5 Å². The van der Waals surface area contributed by atoms with Crippen LogP contribution in [0.3, 0.4) is 0 Å². The molecule has 0 unspecified atom stereocenters. The molecule has 7 heteroatoms. The zero-order valence-electron chi connectivity index (χ0n) is 15.7. The Hall–Kier alpha value is -2.41. The van der Waals surface area contributed by atoms with Gasteiger partial charge >= 0.3 is 11.9 Å². The molecule has 2 saturated carbocycles. The van der Waals surface area contributed by atoms with Crippen LogP contribution in [-0.4, -0.2) is 41.2 Å². The molecule has 140 valence electrons. The fourth-order valence-corrected chi connectivity index (χ4v) is 3.93. The number of fused-ring (bicyclic) bond motifs is 1. The van der Waals surface area contributed by atoms with Crippen molar-refractivity contribution in [1.29, 1.82) is 0 Å². The molecule has 2 aliphatic rings. The number of ether oxygens (including phenoxy) is 2. The average Bonchev–Trinajstić information content (AvgIpc) is 3.25. The van der Waals surface area contributed by atoms with Gasteiger partial charge in [-0.15, -0.1) is 0 Å². The summed E-state index contributed by atoms with van der Waals surface area (Å²) in [4.78, 5) is 37.0. The third-order valence-electron chi connectivity index (χ3n) is 5.02. The van der Waals surface area contributed by atoms with Gasteiger partial charge in [0.25, 0.3) is 0 Å². The lowest BCUT2D eigenvalue weighted by atomic mass is 9.87. The van der Waals surface area contributed by atoms with E-state index in [4.69, 9.17) is 10.8 Å². The van der Waals surface area contributed by atoms with Gasteiger partial charge in [0.05, 0.1) is 20.0 Å². The highest BCUT2D eigenvalue weighted by Gasteiger charge is 2.76. The third-order valence-corrected chi connectivity index (χ3v) is 5.02. The number of hydrogen-bond donors (Lipinski definition) is 2. The first-order valence-corrected chi connectivity index (χ1v) is 8.63. The van der Waals surface area contributed by atoms with E-state index in [1.165, 1.54) is 6.92 Å². The van der Waals surface area contributed by atoms with Crippen LogP contribution < -0.4 is 5.32 Å². The minimum Gasteiger partial charge on any atom is -0.466 e. The Morgan fingerprint density at radius 2 is 2.00 bits per heavy atom. The van der Waals surface area contributed by atoms with Gasteiger partial charge in [0.15, 0.2) is 5.54 Å². The van der Waals surface area contributed by atoms with Gasteiger partial charge in [-0.1, -0.05) is 30.3 Å². The first kappa shape index (κ1) is 17.0. The lowest BCUT2D eigenvalue weighted by Crippen LogP contribution is -2.62. The summed E-state index contributed by atoms with van der Waals surface area (Å²) in [5.74, 6) is -3.79. The molecule has 7 nitrogen and oxygen atoms in total. The summed E-state index contributed by atoms with van der Waals surface area (Å²) < 4.78 is 18.7. The molecule has 2 aliphatic carbocycles. The summed E-state index contributed by atoms with van der Waals surface area (Å²) in [7, 11) is 0. The number of carbonyl (C=O) groups is 3. The summed E-state index contributed by atoms with van der Waals surface area (Å²) in [6, 6.07) is 8.93. The Kier molecular flexibility index (Phi) is 4.63. The molecule has 2 N–H and O–H groups in total. The molecule has 1 aromatic carbocycles. The number of amides is 1. The van der Waals surface area contributed by atoms with E-state index in [9.17, 15) is 19.5 Å². The van der Waals surface area contributed by atoms with Crippen LogP contribution in [0.4, 0.5) is 0 Å². The number of hydrogen-bond acceptors (Lipinski definition) is 6. The normalized spacial score (nSPS) is 35.0. The molecule has 5 atom stereocenters. The van der Waals surface area contributed by atoms with Gasteiger partial charge < -0.3 is 19.9 Å². The van der Waals surface area contributed by atoms with E-state index in [0.29, 0.717) is 0 Å². The maximum absolute atomic E-state index is 13.0. The van der Waals surface area contributed by atoms with Crippen LogP contribution in [0.1, 0.15) is 27.2 Å². The molecule has 3 rings (SSSR count). The molecule has 0 aromatic heterocycles. The van der Waals surface area contributed by atoms with Crippen molar-refractivity contribution < 1.29 is 30.3 Å². The van der Waals surface area contributed by atoms with Crippen molar-refractivity contribution in [1.82, 2.24) is 5.32 Å². The van der Waals surface area contributed by atoms with Crippen molar-refractivity contribution in [2.75, 3.05) is 6.61 Å². The number of benzene rings is 1. The summed E-state index contributed by atoms with van der Waals surface area (Å²) in [5, 5.41) is 13.1. The molecule has 0 spiro atoms. The van der Waals surface area contributed by atoms with Gasteiger partial charge in [0.2, 0.25) is 5.91 Å². The van der Waals surface area contributed by atoms with E-state index in [2.05, 4.69) is 5.32 Å². The minimum atomic E-state index is -2.27. The number of aliphatic hydroxyl groups is 1. The van der Waals surface area contributed by atoms with E-state index >= 15 is 0 Å². The lowest BCUT2D eigenvalue weighted by molar-refractivity contribution is -0.162. The maximum atomic E-state index is 13.0. The molecule has 0 saturated heterocycles. The lowest BCUT2D eigenvalue weighted by Gasteiger charge is -2.34. The number of esters is 2. The van der Waals surface area contributed by atoms with Crippen molar-refractivity contribution in [3.63, 3.8) is 0 Å². The first-order valence-electron chi connectivity index (χ1n) is 9.13. The smallest absolute Gasteiger partial charge is 0.335 e. The molecule has 2 fully saturated rings. The van der Waals surface area contributed by atoms with Crippen LogP contribution >= 0.6 is 0 Å². The Labute approximate surface area is 153 Å². The van der Waals surface area contributed by atoms with Crippen LogP contribution in [0.2, 0.25) is 0 Å². The number of rotatable bonds is 6. The van der Waals surface area contributed by atoms with Gasteiger partial charge in [0, 0.05) is 12.8 Å². The van der Waals surface area contributed by atoms with Gasteiger partial charge in [-0.3, -0.25) is 9.59 Å². The summed E-state index contributed by atoms with van der Waals surface area (Å²) in [6.45, 7) is 2.98. The Bertz CT molecular complexity index is 752. The summed E-state index contributed by atoms with van der Waals surface area (Å²) in [6.07, 6.45) is -2.40. The van der Waals surface area contributed by atoms with Crippen molar-refractivity contribution in [3.8, 4) is 0 Å². The van der Waals surface area contributed by atoms with Crippen LogP contribution in [0, 0.1) is 17.8 Å². The summed E-state index contributed by atoms with van der Waals surface area (Å²) in [5.41, 5.74) is -1.28. The summed E-state index contributed by atoms with van der Waals surface area (Å²) >= 11 is 0. The Morgan fingerprint density at radius 3 is 2.62 bits per heavy atom. The average molecular weight is 362 g/mol. The van der Waals surface area contributed by atoms with Crippen LogP contribution in [0.25, 0.3) is 0 Å². The predicted molar refractivity (Wildman–Crippen MR) is 90.5 cm³/mol. The van der Waals surface area contributed by atoms with Gasteiger partial charge in [0.1, 0.15) is 6.61 Å². The maximum Gasteiger partial charge on any atom is 0.335 e. The van der Waals surface area contributed by atoms with E-state index < -0.39 is 47.2 Å². The standard InChI is InChI=1S/C19H23NO6/c1-3-25-17(23)15-13-9-14(22)19(16(13)15,20-11(2)21)18(24)26-10-12-7-5-4-6-8-12/h4-8,13-16,22H,3,9-10H2,1-2H3,(H,20,21)/t13-,14+,15-,16-,19-/m0/s1/i14D. The van der Waals surface area contributed by atoms with E-state index in [1.54, 1.807) is 31.2 Å². The largest absolute Gasteiger partial charge is 0.466 e. The van der Waals surface area contributed by atoms with Gasteiger partial charge in [-0.2, -0.15) is 0 Å². The predicted octanol–water partition coefficient (Wildman–Crippen LogP) is 0.795. The molecule has 1 amide bonds. The molecule has 0 bridgehead atoms. The quantitative estimate of drug-likeness (QED) is 0.726. The van der Waals surface area contributed by atoms with Gasteiger partial charge in [-0.25, -0.2) is 4.79 Å². The van der Waals surface area contributed by atoms with Crippen molar-refractivity contribution in [3.05, 3.63) is 35.9 Å². The van der Waals surface area contributed by atoms with Gasteiger partial charge in [-0.05, 0) is 24.8 Å². The molecule has 26 heavy (non-hydrogen) atoms. The molecule has 0 radical (unpaired) electrons. The monoisotopic (exact) mass is 362 g/mol. The number of nitrogens with one attached hydrogen (secondary N) is 1. The van der Waals surface area contributed by atoms with E-state index in [1.807, 2.05) is 6.07 Å². The Balaban J connectivity index is 1.87. The molecular formula is C19H23NO6. The topological polar surface area (TPSA) is 102 Å². The van der Waals surface area contributed by atoms with Crippen molar-refractivity contribution in [2.45, 2.75) is 38.5 Å². The van der Waals surface area contributed by atoms with E-state index in [-0.39, 0.29) is 19.6 Å². The Morgan fingerprint density at radius 1 is 1.31 bits per heavy atom. The molecule has 1 aromatic rings. The zero-order chi connectivity index (χ0) is 19.8. The fourth-order valence-electron chi connectivity index (χ4n) is 3.93. The number of carbonyl (C=O) groups excluding carboxylic acids is 3. The second kappa shape index (κ2) is 7.07.